The summed E-state index contributed by atoms with van der Waals surface area (Å²) in [7, 11) is 0. The van der Waals surface area contributed by atoms with Crippen molar-refractivity contribution in [1.82, 2.24) is 0 Å². The lowest BCUT2D eigenvalue weighted by molar-refractivity contribution is -0.0245. The standard InChI is InChI=1S/C15H26O2/c1-11(2)13-7-5-12(3)6-8-14(16)15(4,17)10-9-13/h6,9-11,13-14,16-17H,5,7-8H2,1-4H3/b10-9+,12-6+/t13-,14?,15+/m1/s1. The highest BCUT2D eigenvalue weighted by molar-refractivity contribution is 5.10. The van der Waals surface area contributed by atoms with Gasteiger partial charge in [-0.1, -0.05) is 37.6 Å². The maximum Gasteiger partial charge on any atom is 0.106 e. The van der Waals surface area contributed by atoms with Crippen molar-refractivity contribution in [2.24, 2.45) is 11.8 Å². The van der Waals surface area contributed by atoms with Crippen LogP contribution in [0.2, 0.25) is 0 Å². The first kappa shape index (κ1) is 14.5. The Labute approximate surface area is 105 Å². The average molecular weight is 238 g/mol. The van der Waals surface area contributed by atoms with Gasteiger partial charge in [-0.3, -0.25) is 0 Å². The molecular formula is C15H26O2. The number of aliphatic hydroxyl groups is 2. The van der Waals surface area contributed by atoms with E-state index in [0.717, 1.165) is 12.8 Å². The molecule has 0 saturated heterocycles. The summed E-state index contributed by atoms with van der Waals surface area (Å²) in [5.41, 5.74) is 0.183. The highest BCUT2D eigenvalue weighted by atomic mass is 16.3. The Kier molecular flexibility index (Phi) is 4.96. The summed E-state index contributed by atoms with van der Waals surface area (Å²) in [5, 5.41) is 20.1. The second-order valence-corrected chi connectivity index (χ2v) is 5.83. The first-order chi connectivity index (χ1) is 7.83. The minimum absolute atomic E-state index is 0.468. The summed E-state index contributed by atoms with van der Waals surface area (Å²) in [6.45, 7) is 8.18. The summed E-state index contributed by atoms with van der Waals surface area (Å²) in [5.74, 6) is 1.03. The van der Waals surface area contributed by atoms with Gasteiger partial charge in [-0.05, 0) is 44.9 Å². The fraction of sp³-hybridized carbons (Fsp3) is 0.733. The van der Waals surface area contributed by atoms with Crippen molar-refractivity contribution in [2.45, 2.75) is 58.7 Å². The quantitative estimate of drug-likeness (QED) is 0.689. The van der Waals surface area contributed by atoms with Crippen LogP contribution < -0.4 is 0 Å². The van der Waals surface area contributed by atoms with Gasteiger partial charge in [-0.15, -0.1) is 0 Å². The Balaban J connectivity index is 2.91. The van der Waals surface area contributed by atoms with E-state index in [1.807, 2.05) is 0 Å². The van der Waals surface area contributed by atoms with Crippen molar-refractivity contribution in [3.63, 3.8) is 0 Å². The van der Waals surface area contributed by atoms with Gasteiger partial charge in [0.15, 0.2) is 0 Å². The molecule has 0 bridgehead atoms. The highest BCUT2D eigenvalue weighted by Gasteiger charge is 2.27. The molecule has 98 valence electrons. The van der Waals surface area contributed by atoms with Crippen LogP contribution in [0.15, 0.2) is 23.8 Å². The van der Waals surface area contributed by atoms with Crippen molar-refractivity contribution in [3.8, 4) is 0 Å². The third-order valence-corrected chi connectivity index (χ3v) is 3.77. The number of allylic oxidation sites excluding steroid dienone is 2. The Morgan fingerprint density at radius 1 is 1.41 bits per heavy atom. The molecule has 2 N–H and O–H groups in total. The fourth-order valence-electron chi connectivity index (χ4n) is 2.13. The molecule has 0 fully saturated rings. The molecule has 0 aromatic rings. The van der Waals surface area contributed by atoms with Crippen LogP contribution in [0.5, 0.6) is 0 Å². The molecule has 17 heavy (non-hydrogen) atoms. The molecule has 2 heteroatoms. The molecular weight excluding hydrogens is 212 g/mol. The Morgan fingerprint density at radius 2 is 2.06 bits per heavy atom. The van der Waals surface area contributed by atoms with Crippen molar-refractivity contribution in [1.29, 1.82) is 0 Å². The number of aliphatic hydroxyl groups excluding tert-OH is 1. The van der Waals surface area contributed by atoms with Crippen molar-refractivity contribution in [2.75, 3.05) is 0 Å². The first-order valence-electron chi connectivity index (χ1n) is 6.58. The summed E-state index contributed by atoms with van der Waals surface area (Å²) < 4.78 is 0. The monoisotopic (exact) mass is 238 g/mol. The van der Waals surface area contributed by atoms with E-state index in [4.69, 9.17) is 0 Å². The van der Waals surface area contributed by atoms with Crippen LogP contribution in [0.4, 0.5) is 0 Å². The Hall–Kier alpha value is -0.600. The minimum atomic E-state index is -1.12. The molecule has 0 aliphatic heterocycles. The van der Waals surface area contributed by atoms with Gasteiger partial charge in [-0.25, -0.2) is 0 Å². The van der Waals surface area contributed by atoms with Crippen LogP contribution in [0.25, 0.3) is 0 Å². The van der Waals surface area contributed by atoms with E-state index < -0.39 is 11.7 Å². The van der Waals surface area contributed by atoms with Gasteiger partial charge in [0.25, 0.3) is 0 Å². The van der Waals surface area contributed by atoms with E-state index in [0.29, 0.717) is 18.3 Å². The molecule has 0 heterocycles. The van der Waals surface area contributed by atoms with E-state index in [1.54, 1.807) is 13.0 Å². The van der Waals surface area contributed by atoms with E-state index in [2.05, 4.69) is 32.9 Å². The third kappa shape index (κ3) is 4.29. The molecule has 1 unspecified atom stereocenters. The molecule has 1 aliphatic rings. The summed E-state index contributed by atoms with van der Waals surface area (Å²) >= 11 is 0. The molecule has 0 saturated carbocycles. The summed E-state index contributed by atoms with van der Waals surface area (Å²) in [6.07, 6.45) is 7.89. The van der Waals surface area contributed by atoms with Gasteiger partial charge in [0.05, 0.1) is 6.10 Å². The van der Waals surface area contributed by atoms with Crippen molar-refractivity contribution in [3.05, 3.63) is 23.8 Å². The second kappa shape index (κ2) is 5.83. The van der Waals surface area contributed by atoms with Crippen LogP contribution >= 0.6 is 0 Å². The predicted molar refractivity (Wildman–Crippen MR) is 71.7 cm³/mol. The van der Waals surface area contributed by atoms with Crippen LogP contribution in [0, 0.1) is 11.8 Å². The smallest absolute Gasteiger partial charge is 0.106 e. The number of rotatable bonds is 1. The lowest BCUT2D eigenvalue weighted by Crippen LogP contribution is -2.37. The van der Waals surface area contributed by atoms with Gasteiger partial charge >= 0.3 is 0 Å². The molecule has 0 radical (unpaired) electrons. The average Bonchev–Trinajstić information content (AvgIpc) is 2.24. The molecule has 0 amide bonds. The van der Waals surface area contributed by atoms with E-state index in [1.165, 1.54) is 5.57 Å². The molecule has 0 aromatic carbocycles. The van der Waals surface area contributed by atoms with Crippen LogP contribution in [0.3, 0.4) is 0 Å². The molecule has 0 aromatic heterocycles. The van der Waals surface area contributed by atoms with Gasteiger partial charge in [0.2, 0.25) is 0 Å². The number of hydrogen-bond acceptors (Lipinski definition) is 2. The van der Waals surface area contributed by atoms with Gasteiger partial charge in [-0.2, -0.15) is 0 Å². The SMILES string of the molecule is C/C1=C\CC(O)[C@@](C)(O)/C=C/[C@H](C(C)C)CC1. The topological polar surface area (TPSA) is 40.5 Å². The molecule has 0 spiro atoms. The fourth-order valence-corrected chi connectivity index (χ4v) is 2.13. The lowest BCUT2D eigenvalue weighted by Gasteiger charge is -2.28. The van der Waals surface area contributed by atoms with Gasteiger partial charge in [0.1, 0.15) is 5.60 Å². The molecule has 3 atom stereocenters. The zero-order chi connectivity index (χ0) is 13.1. The van der Waals surface area contributed by atoms with Crippen LogP contribution in [-0.4, -0.2) is 21.9 Å². The van der Waals surface area contributed by atoms with Crippen molar-refractivity contribution >= 4 is 0 Å². The molecule has 1 rings (SSSR count). The summed E-state index contributed by atoms with van der Waals surface area (Å²) in [4.78, 5) is 0. The lowest BCUT2D eigenvalue weighted by atomic mass is 9.85. The number of hydrogen-bond donors (Lipinski definition) is 2. The molecule has 2 nitrogen and oxygen atoms in total. The zero-order valence-electron chi connectivity index (χ0n) is 11.5. The van der Waals surface area contributed by atoms with Gasteiger partial charge in [0, 0.05) is 0 Å². The van der Waals surface area contributed by atoms with E-state index >= 15 is 0 Å². The predicted octanol–water partition coefficient (Wildman–Crippen LogP) is 3.06. The summed E-state index contributed by atoms with van der Waals surface area (Å²) in [6, 6.07) is 0. The van der Waals surface area contributed by atoms with Crippen LogP contribution in [-0.2, 0) is 0 Å². The van der Waals surface area contributed by atoms with E-state index in [9.17, 15) is 10.2 Å². The Morgan fingerprint density at radius 3 is 2.65 bits per heavy atom. The minimum Gasteiger partial charge on any atom is -0.389 e. The normalized spacial score (nSPS) is 40.8. The molecule has 1 aliphatic carbocycles. The zero-order valence-corrected chi connectivity index (χ0v) is 11.5. The maximum atomic E-state index is 10.2. The van der Waals surface area contributed by atoms with E-state index in [-0.39, 0.29) is 0 Å². The first-order valence-corrected chi connectivity index (χ1v) is 6.58. The highest BCUT2D eigenvalue weighted by Crippen LogP contribution is 2.26. The van der Waals surface area contributed by atoms with Gasteiger partial charge < -0.3 is 10.2 Å². The second-order valence-electron chi connectivity index (χ2n) is 5.83. The third-order valence-electron chi connectivity index (χ3n) is 3.77. The maximum absolute atomic E-state index is 10.2. The largest absolute Gasteiger partial charge is 0.389 e. The van der Waals surface area contributed by atoms with Crippen LogP contribution in [0.1, 0.15) is 47.0 Å². The Bertz CT molecular complexity index is 300. The van der Waals surface area contributed by atoms with Crippen molar-refractivity contribution < 1.29 is 10.2 Å².